The van der Waals surface area contributed by atoms with Gasteiger partial charge in [-0.1, -0.05) is 12.1 Å². The van der Waals surface area contributed by atoms with Crippen LogP contribution in [0.2, 0.25) is 0 Å². The van der Waals surface area contributed by atoms with Crippen molar-refractivity contribution >= 4 is 0 Å². The molecule has 0 radical (unpaired) electrons. The lowest BCUT2D eigenvalue weighted by Crippen LogP contribution is -2.30. The van der Waals surface area contributed by atoms with E-state index in [2.05, 4.69) is 34.3 Å². The van der Waals surface area contributed by atoms with Gasteiger partial charge in [-0.25, -0.2) is 4.98 Å². The topological polar surface area (TPSA) is 49.9 Å². The van der Waals surface area contributed by atoms with Gasteiger partial charge in [-0.05, 0) is 31.0 Å². The van der Waals surface area contributed by atoms with Gasteiger partial charge in [-0.2, -0.15) is 0 Å². The van der Waals surface area contributed by atoms with Gasteiger partial charge in [0.1, 0.15) is 5.75 Å². The Labute approximate surface area is 114 Å². The maximum atomic E-state index is 5.16. The van der Waals surface area contributed by atoms with E-state index in [-0.39, 0.29) is 0 Å². The van der Waals surface area contributed by atoms with Crippen LogP contribution in [0.5, 0.6) is 5.75 Å². The molecule has 4 nitrogen and oxygen atoms in total. The normalized spacial score (nSPS) is 12.3. The largest absolute Gasteiger partial charge is 0.497 e. The highest BCUT2D eigenvalue weighted by Crippen LogP contribution is 2.12. The first-order chi connectivity index (χ1) is 9.28. The molecule has 0 saturated carbocycles. The second-order valence-electron chi connectivity index (χ2n) is 4.73. The molecule has 19 heavy (non-hydrogen) atoms. The summed E-state index contributed by atoms with van der Waals surface area (Å²) in [4.78, 5) is 7.12. The Kier molecular flexibility index (Phi) is 4.98. The van der Waals surface area contributed by atoms with E-state index >= 15 is 0 Å². The maximum absolute atomic E-state index is 5.16. The number of ether oxygens (including phenoxy) is 1. The summed E-state index contributed by atoms with van der Waals surface area (Å²) in [5, 5.41) is 3.52. The molecule has 0 fully saturated rings. The van der Waals surface area contributed by atoms with Crippen molar-refractivity contribution in [3.8, 4) is 5.75 Å². The molecule has 102 valence electrons. The molecule has 0 aliphatic rings. The zero-order valence-electron chi connectivity index (χ0n) is 11.5. The van der Waals surface area contributed by atoms with Crippen LogP contribution in [-0.4, -0.2) is 29.7 Å². The van der Waals surface area contributed by atoms with Gasteiger partial charge in [-0.3, -0.25) is 0 Å². The molecule has 0 unspecified atom stereocenters. The summed E-state index contributed by atoms with van der Waals surface area (Å²) in [7, 11) is 1.69. The van der Waals surface area contributed by atoms with Crippen LogP contribution in [-0.2, 0) is 12.8 Å². The first-order valence-corrected chi connectivity index (χ1v) is 6.61. The van der Waals surface area contributed by atoms with E-state index in [0.29, 0.717) is 6.04 Å². The van der Waals surface area contributed by atoms with Crippen molar-refractivity contribution in [2.75, 3.05) is 13.7 Å². The monoisotopic (exact) mass is 259 g/mol. The Hall–Kier alpha value is -1.81. The van der Waals surface area contributed by atoms with E-state index in [1.165, 1.54) is 11.3 Å². The van der Waals surface area contributed by atoms with Crippen LogP contribution in [0.15, 0.2) is 36.8 Å². The third-order valence-electron chi connectivity index (χ3n) is 3.14. The van der Waals surface area contributed by atoms with Gasteiger partial charge >= 0.3 is 0 Å². The summed E-state index contributed by atoms with van der Waals surface area (Å²) >= 11 is 0. The molecule has 2 rings (SSSR count). The minimum Gasteiger partial charge on any atom is -0.497 e. The van der Waals surface area contributed by atoms with Gasteiger partial charge in [0.05, 0.1) is 13.4 Å². The van der Waals surface area contributed by atoms with Gasteiger partial charge in [0.2, 0.25) is 0 Å². The molecule has 0 saturated heterocycles. The van der Waals surface area contributed by atoms with E-state index in [1.54, 1.807) is 13.4 Å². The van der Waals surface area contributed by atoms with E-state index in [1.807, 2.05) is 18.3 Å². The zero-order chi connectivity index (χ0) is 13.5. The van der Waals surface area contributed by atoms with Crippen LogP contribution in [0.3, 0.4) is 0 Å². The van der Waals surface area contributed by atoms with Crippen LogP contribution in [0, 0.1) is 0 Å². The molecule has 1 heterocycles. The van der Waals surface area contributed by atoms with Crippen LogP contribution < -0.4 is 10.1 Å². The third-order valence-corrected chi connectivity index (χ3v) is 3.14. The fourth-order valence-electron chi connectivity index (χ4n) is 2.06. The smallest absolute Gasteiger partial charge is 0.118 e. The van der Waals surface area contributed by atoms with Gasteiger partial charge in [-0.15, -0.1) is 0 Å². The quantitative estimate of drug-likeness (QED) is 0.801. The second kappa shape index (κ2) is 6.95. The SMILES string of the molecule is COc1ccc(C[C@H](C)NCCc2cnc[nH]2)cc1. The lowest BCUT2D eigenvalue weighted by atomic mass is 10.1. The standard InChI is InChI=1S/C15H21N3O/c1-12(17-8-7-14-10-16-11-18-14)9-13-3-5-15(19-2)6-4-13/h3-6,10-12,17H,7-9H2,1-2H3,(H,16,18)/t12-/m0/s1. The molecule has 1 aromatic carbocycles. The Bertz CT molecular complexity index is 465. The van der Waals surface area contributed by atoms with Crippen molar-refractivity contribution in [3.05, 3.63) is 48.0 Å². The molecule has 0 spiro atoms. The third kappa shape index (κ3) is 4.41. The van der Waals surface area contributed by atoms with Gasteiger partial charge in [0.25, 0.3) is 0 Å². The molecule has 0 aliphatic heterocycles. The number of aromatic amines is 1. The summed E-state index contributed by atoms with van der Waals surface area (Å²) in [5.74, 6) is 0.906. The summed E-state index contributed by atoms with van der Waals surface area (Å²) in [6.07, 6.45) is 5.59. The van der Waals surface area contributed by atoms with Crippen LogP contribution >= 0.6 is 0 Å². The van der Waals surface area contributed by atoms with Crippen molar-refractivity contribution in [2.45, 2.75) is 25.8 Å². The number of hydrogen-bond acceptors (Lipinski definition) is 3. The second-order valence-corrected chi connectivity index (χ2v) is 4.73. The molecule has 2 aromatic rings. The molecule has 0 amide bonds. The first-order valence-electron chi connectivity index (χ1n) is 6.61. The van der Waals surface area contributed by atoms with Gasteiger partial charge < -0.3 is 15.0 Å². The molecule has 1 aromatic heterocycles. The fourth-order valence-corrected chi connectivity index (χ4v) is 2.06. The minimum atomic E-state index is 0.455. The van der Waals surface area contributed by atoms with E-state index in [4.69, 9.17) is 4.74 Å². The van der Waals surface area contributed by atoms with E-state index < -0.39 is 0 Å². The van der Waals surface area contributed by atoms with Crippen molar-refractivity contribution in [3.63, 3.8) is 0 Å². The minimum absolute atomic E-state index is 0.455. The van der Waals surface area contributed by atoms with Crippen molar-refractivity contribution in [2.24, 2.45) is 0 Å². The summed E-state index contributed by atoms with van der Waals surface area (Å²) in [6, 6.07) is 8.70. The number of methoxy groups -OCH3 is 1. The lowest BCUT2D eigenvalue weighted by molar-refractivity contribution is 0.414. The highest BCUT2D eigenvalue weighted by molar-refractivity contribution is 5.27. The van der Waals surface area contributed by atoms with Crippen molar-refractivity contribution in [1.82, 2.24) is 15.3 Å². The maximum Gasteiger partial charge on any atom is 0.118 e. The van der Waals surface area contributed by atoms with Crippen molar-refractivity contribution < 1.29 is 4.74 Å². The number of nitrogens with one attached hydrogen (secondary N) is 2. The summed E-state index contributed by atoms with van der Waals surface area (Å²) in [5.41, 5.74) is 2.49. The highest BCUT2D eigenvalue weighted by atomic mass is 16.5. The number of nitrogens with zero attached hydrogens (tertiary/aromatic N) is 1. The predicted molar refractivity (Wildman–Crippen MR) is 76.5 cm³/mol. The zero-order valence-corrected chi connectivity index (χ0v) is 11.5. The number of imidazole rings is 1. The number of H-pyrrole nitrogens is 1. The molecule has 0 bridgehead atoms. The predicted octanol–water partition coefficient (Wildman–Crippen LogP) is 2.18. The van der Waals surface area contributed by atoms with Gasteiger partial charge in [0, 0.05) is 30.9 Å². The van der Waals surface area contributed by atoms with Crippen molar-refractivity contribution in [1.29, 1.82) is 0 Å². The van der Waals surface area contributed by atoms with Crippen LogP contribution in [0.25, 0.3) is 0 Å². The Morgan fingerprint density at radius 2 is 2.11 bits per heavy atom. The average Bonchev–Trinajstić information content (AvgIpc) is 2.93. The Balaban J connectivity index is 1.72. The molecular weight excluding hydrogens is 238 g/mol. The van der Waals surface area contributed by atoms with E-state index in [9.17, 15) is 0 Å². The fraction of sp³-hybridized carbons (Fsp3) is 0.400. The molecular formula is C15H21N3O. The first kappa shape index (κ1) is 13.6. The molecule has 0 aliphatic carbocycles. The highest BCUT2D eigenvalue weighted by Gasteiger charge is 2.03. The number of rotatable bonds is 7. The average molecular weight is 259 g/mol. The molecule has 2 N–H and O–H groups in total. The van der Waals surface area contributed by atoms with Gasteiger partial charge in [0.15, 0.2) is 0 Å². The number of aromatic nitrogens is 2. The summed E-state index contributed by atoms with van der Waals surface area (Å²) < 4.78 is 5.16. The molecule has 1 atom stereocenters. The lowest BCUT2D eigenvalue weighted by Gasteiger charge is -2.13. The van der Waals surface area contributed by atoms with E-state index in [0.717, 1.165) is 25.1 Å². The van der Waals surface area contributed by atoms with Crippen LogP contribution in [0.1, 0.15) is 18.2 Å². The Morgan fingerprint density at radius 1 is 1.32 bits per heavy atom. The molecule has 4 heteroatoms. The summed E-state index contributed by atoms with van der Waals surface area (Å²) in [6.45, 7) is 3.16. The number of benzene rings is 1. The van der Waals surface area contributed by atoms with Crippen LogP contribution in [0.4, 0.5) is 0 Å². The Morgan fingerprint density at radius 3 is 2.74 bits per heavy atom. The number of hydrogen-bond donors (Lipinski definition) is 2.